The van der Waals surface area contributed by atoms with Gasteiger partial charge >= 0.3 is 0 Å². The van der Waals surface area contributed by atoms with E-state index in [9.17, 15) is 4.79 Å². The van der Waals surface area contributed by atoms with E-state index >= 15 is 0 Å². The molecule has 5 heteroatoms. The predicted molar refractivity (Wildman–Crippen MR) is 139 cm³/mol. The molecular formula is C29H32N4O. The molecule has 3 aliphatic rings. The Hall–Kier alpha value is -3.34. The van der Waals surface area contributed by atoms with Crippen molar-refractivity contribution in [3.05, 3.63) is 70.9 Å². The minimum atomic E-state index is -0.194. The van der Waals surface area contributed by atoms with Crippen LogP contribution in [0.3, 0.4) is 0 Å². The van der Waals surface area contributed by atoms with Crippen LogP contribution in [0, 0.1) is 5.41 Å². The first-order chi connectivity index (χ1) is 16.1. The van der Waals surface area contributed by atoms with Crippen molar-refractivity contribution in [2.45, 2.75) is 59.0 Å². The summed E-state index contributed by atoms with van der Waals surface area (Å²) in [5.41, 5.74) is 8.66. The van der Waals surface area contributed by atoms with Crippen LogP contribution >= 0.6 is 0 Å². The van der Waals surface area contributed by atoms with Gasteiger partial charge in [-0.25, -0.2) is 4.98 Å². The molecule has 0 fully saturated rings. The molecule has 0 amide bonds. The lowest BCUT2D eigenvalue weighted by molar-refractivity contribution is -0.118. The smallest absolute Gasteiger partial charge is 0.209 e. The number of hydrogen-bond donors (Lipinski definition) is 1. The Labute approximate surface area is 201 Å². The maximum absolute atomic E-state index is 13.6. The van der Waals surface area contributed by atoms with E-state index in [-0.39, 0.29) is 22.8 Å². The molecule has 34 heavy (non-hydrogen) atoms. The molecule has 1 aliphatic carbocycles. The first-order valence-electron chi connectivity index (χ1n) is 12.1. The highest BCUT2D eigenvalue weighted by atomic mass is 16.1. The summed E-state index contributed by atoms with van der Waals surface area (Å²) in [6.45, 7) is 11.0. The van der Waals surface area contributed by atoms with E-state index in [2.05, 4.69) is 86.8 Å². The van der Waals surface area contributed by atoms with Crippen LogP contribution in [-0.2, 0) is 4.79 Å². The molecule has 0 saturated heterocycles. The number of aromatic nitrogens is 2. The van der Waals surface area contributed by atoms with Gasteiger partial charge in [0.2, 0.25) is 5.95 Å². The number of hydrogen-bond acceptors (Lipinski definition) is 4. The molecule has 3 aromatic rings. The van der Waals surface area contributed by atoms with E-state index in [1.807, 2.05) is 18.2 Å². The Balaban J connectivity index is 1.60. The highest BCUT2D eigenvalue weighted by Crippen LogP contribution is 2.48. The largest absolute Gasteiger partial charge is 0.366 e. The van der Waals surface area contributed by atoms with Gasteiger partial charge in [-0.3, -0.25) is 9.36 Å². The van der Waals surface area contributed by atoms with Crippen molar-refractivity contribution in [3.63, 3.8) is 0 Å². The molecular weight excluding hydrogens is 420 g/mol. The molecule has 6 rings (SSSR count). The van der Waals surface area contributed by atoms with Crippen LogP contribution in [-0.4, -0.2) is 27.9 Å². The first kappa shape index (κ1) is 21.2. The van der Waals surface area contributed by atoms with E-state index < -0.39 is 0 Å². The summed E-state index contributed by atoms with van der Waals surface area (Å²) in [6, 6.07) is 14.7. The number of nitrogens with zero attached hydrogens (tertiary/aromatic N) is 3. The van der Waals surface area contributed by atoms with E-state index in [1.165, 1.54) is 16.8 Å². The molecule has 174 valence electrons. The van der Waals surface area contributed by atoms with Crippen LogP contribution < -0.4 is 10.2 Å². The quantitative estimate of drug-likeness (QED) is 0.469. The number of para-hydroxylation sites is 2. The third-order valence-electron chi connectivity index (χ3n) is 7.87. The van der Waals surface area contributed by atoms with Crippen molar-refractivity contribution in [2.24, 2.45) is 5.41 Å². The fourth-order valence-corrected chi connectivity index (χ4v) is 6.08. The molecule has 0 spiro atoms. The van der Waals surface area contributed by atoms with E-state index in [0.717, 1.165) is 40.2 Å². The lowest BCUT2D eigenvalue weighted by Gasteiger charge is -2.42. The van der Waals surface area contributed by atoms with Gasteiger partial charge in [-0.15, -0.1) is 0 Å². The molecule has 0 unspecified atom stereocenters. The van der Waals surface area contributed by atoms with Crippen molar-refractivity contribution in [1.82, 2.24) is 9.55 Å². The average molecular weight is 453 g/mol. The first-order valence-corrected chi connectivity index (χ1v) is 12.1. The lowest BCUT2D eigenvalue weighted by atomic mass is 9.72. The number of allylic oxidation sites excluding steroid dienone is 3. The summed E-state index contributed by atoms with van der Waals surface area (Å²) in [5, 5.41) is 3.55. The van der Waals surface area contributed by atoms with E-state index in [4.69, 9.17) is 4.98 Å². The van der Waals surface area contributed by atoms with Crippen molar-refractivity contribution >= 4 is 34.0 Å². The zero-order valence-corrected chi connectivity index (χ0v) is 20.9. The summed E-state index contributed by atoms with van der Waals surface area (Å²) in [4.78, 5) is 20.9. The maximum Gasteiger partial charge on any atom is 0.209 e. The molecule has 1 N–H and O–H groups in total. The number of benzene rings is 2. The maximum atomic E-state index is 13.6. The van der Waals surface area contributed by atoms with Crippen molar-refractivity contribution < 1.29 is 4.79 Å². The van der Waals surface area contributed by atoms with E-state index in [1.54, 1.807) is 0 Å². The summed E-state index contributed by atoms with van der Waals surface area (Å²) in [6.07, 6.45) is 3.74. The summed E-state index contributed by atoms with van der Waals surface area (Å²) in [7, 11) is 2.15. The van der Waals surface area contributed by atoms with Gasteiger partial charge < -0.3 is 10.2 Å². The second-order valence-electron chi connectivity index (χ2n) is 11.5. The number of carbonyl (C=O) groups is 1. The molecule has 5 nitrogen and oxygen atoms in total. The highest BCUT2D eigenvalue weighted by Gasteiger charge is 2.42. The molecule has 0 saturated carbocycles. The molecule has 1 atom stereocenters. The van der Waals surface area contributed by atoms with Crippen molar-refractivity contribution in [1.29, 1.82) is 0 Å². The second kappa shape index (κ2) is 6.84. The Bertz CT molecular complexity index is 1440. The van der Waals surface area contributed by atoms with Gasteiger partial charge in [0.1, 0.15) is 0 Å². The number of likely N-dealkylation sites (N-methyl/N-ethyl adjacent to an activating group) is 1. The van der Waals surface area contributed by atoms with Crippen LogP contribution in [0.1, 0.15) is 64.6 Å². The number of carbonyl (C=O) groups excluding carboxylic acids is 1. The summed E-state index contributed by atoms with van der Waals surface area (Å²) >= 11 is 0. The average Bonchev–Trinajstić information content (AvgIpc) is 3.12. The Kier molecular flexibility index (Phi) is 4.27. The predicted octanol–water partition coefficient (Wildman–Crippen LogP) is 6.33. The van der Waals surface area contributed by atoms with Gasteiger partial charge in [-0.1, -0.05) is 38.1 Å². The van der Waals surface area contributed by atoms with Gasteiger partial charge in [-0.2, -0.15) is 0 Å². The zero-order chi connectivity index (χ0) is 24.0. The van der Waals surface area contributed by atoms with Crippen LogP contribution in [0.5, 0.6) is 0 Å². The van der Waals surface area contributed by atoms with Crippen molar-refractivity contribution in [3.8, 4) is 0 Å². The monoisotopic (exact) mass is 452 g/mol. The number of ketones is 1. The minimum Gasteiger partial charge on any atom is -0.366 e. The second-order valence-corrected chi connectivity index (χ2v) is 11.5. The van der Waals surface area contributed by atoms with Gasteiger partial charge in [-0.05, 0) is 68.0 Å². The normalized spacial score (nSPS) is 22.6. The number of Topliss-reactive ketones (excluding diaryl/α,β-unsaturated/α-hetero) is 1. The SMILES string of the molecule is CC1=CC(C)(C)N(C)c2ccc([C@@H]3C4=C(CC(C)(C)CC4=O)Nc4nc5ccccc5n43)cc21. The Morgan fingerprint density at radius 2 is 1.82 bits per heavy atom. The van der Waals surface area contributed by atoms with Gasteiger partial charge in [0.25, 0.3) is 0 Å². The molecule has 2 aliphatic heterocycles. The highest BCUT2D eigenvalue weighted by molar-refractivity contribution is 6.01. The number of fused-ring (bicyclic) bond motifs is 4. The van der Waals surface area contributed by atoms with Crippen LogP contribution in [0.2, 0.25) is 0 Å². The van der Waals surface area contributed by atoms with Crippen LogP contribution in [0.25, 0.3) is 16.6 Å². The van der Waals surface area contributed by atoms with Crippen molar-refractivity contribution in [2.75, 3.05) is 17.3 Å². The van der Waals surface area contributed by atoms with Crippen LogP contribution in [0.15, 0.2) is 59.8 Å². The number of nitrogens with one attached hydrogen (secondary N) is 1. The summed E-state index contributed by atoms with van der Waals surface area (Å²) in [5.74, 6) is 1.05. The number of anilines is 2. The summed E-state index contributed by atoms with van der Waals surface area (Å²) < 4.78 is 2.22. The molecule has 2 aromatic carbocycles. The molecule has 0 bridgehead atoms. The van der Waals surface area contributed by atoms with E-state index in [0.29, 0.717) is 6.42 Å². The Morgan fingerprint density at radius 3 is 2.62 bits per heavy atom. The van der Waals surface area contributed by atoms with Crippen LogP contribution in [0.4, 0.5) is 11.6 Å². The third kappa shape index (κ3) is 2.99. The fraction of sp³-hybridized carbons (Fsp3) is 0.379. The van der Waals surface area contributed by atoms with Gasteiger partial charge in [0, 0.05) is 36.0 Å². The topological polar surface area (TPSA) is 50.2 Å². The Morgan fingerprint density at radius 1 is 1.06 bits per heavy atom. The molecule has 1 aromatic heterocycles. The molecule has 0 radical (unpaired) electrons. The number of imidazole rings is 1. The fourth-order valence-electron chi connectivity index (χ4n) is 6.08. The minimum absolute atomic E-state index is 0.0400. The lowest BCUT2D eigenvalue weighted by Crippen LogP contribution is -2.42. The zero-order valence-electron chi connectivity index (χ0n) is 20.9. The van der Waals surface area contributed by atoms with Gasteiger partial charge in [0.05, 0.1) is 22.6 Å². The standard InChI is InChI=1S/C29H32N4O/c1-17-14-29(4,5)32(6)22-12-11-18(13-19(17)22)26-25-21(15-28(2,3)16-24(25)34)31-27-30-20-9-7-8-10-23(20)33(26)27/h7-14,26H,15-16H2,1-6H3,(H,30,31)/t26-/m1/s1. The number of rotatable bonds is 1. The molecule has 3 heterocycles. The van der Waals surface area contributed by atoms with Gasteiger partial charge in [0.15, 0.2) is 5.78 Å². The third-order valence-corrected chi connectivity index (χ3v) is 7.87.